The van der Waals surface area contributed by atoms with Gasteiger partial charge in [0.15, 0.2) is 0 Å². The van der Waals surface area contributed by atoms with E-state index in [1.165, 1.54) is 0 Å². The van der Waals surface area contributed by atoms with Crippen LogP contribution in [0.25, 0.3) is 0 Å². The van der Waals surface area contributed by atoms with Gasteiger partial charge < -0.3 is 40.1 Å². The molecule has 3 N–H and O–H groups in total. The Bertz CT molecular complexity index is 62.1. The van der Waals surface area contributed by atoms with Crippen molar-refractivity contribution in [2.45, 2.75) is 59.3 Å². The molecule has 0 spiro atoms. The Hall–Kier alpha value is 1.17. The number of halogens is 2. The first kappa shape index (κ1) is 36.5. The quantitative estimate of drug-likeness (QED) is 0.437. The van der Waals surface area contributed by atoms with Gasteiger partial charge in [-0.15, -0.1) is 0 Å². The van der Waals surface area contributed by atoms with Crippen LogP contribution in [0.3, 0.4) is 0 Å². The summed E-state index contributed by atoms with van der Waals surface area (Å²) in [7, 11) is 0. The maximum Gasteiger partial charge on any atom is 2.00 e. The zero-order valence-electron chi connectivity index (χ0n) is 12.0. The van der Waals surface area contributed by atoms with Crippen LogP contribution in [0.15, 0.2) is 0 Å². The molecule has 0 aromatic rings. The fraction of sp³-hybridized carbons (Fsp3) is 1.00. The molecular weight excluding hydrogens is 311 g/mol. The fourth-order valence-corrected chi connectivity index (χ4v) is 0.474. The minimum Gasteiger partial charge on any atom is -1.00 e. The molecule has 0 aliphatic heterocycles. The first-order chi connectivity index (χ1) is 7.24. The molecule has 0 unspecified atom stereocenters. The Kier molecular flexibility index (Phi) is 105. The second kappa shape index (κ2) is 51.8. The third kappa shape index (κ3) is 87.3. The van der Waals surface area contributed by atoms with Crippen molar-refractivity contribution in [3.63, 3.8) is 0 Å². The molecular formula is C12H30Cl2O3Ti. The van der Waals surface area contributed by atoms with E-state index < -0.39 is 0 Å². The Balaban J connectivity index is -0.0000000277. The Morgan fingerprint density at radius 2 is 0.722 bits per heavy atom. The van der Waals surface area contributed by atoms with Gasteiger partial charge in [0, 0.05) is 19.8 Å². The molecule has 0 saturated heterocycles. The summed E-state index contributed by atoms with van der Waals surface area (Å²) in [6.45, 7) is 7.19. The van der Waals surface area contributed by atoms with E-state index >= 15 is 0 Å². The molecule has 0 aromatic heterocycles. The van der Waals surface area contributed by atoms with Crippen molar-refractivity contribution < 1.29 is 61.9 Å². The molecule has 0 atom stereocenters. The summed E-state index contributed by atoms with van der Waals surface area (Å²) in [6, 6.07) is 0. The van der Waals surface area contributed by atoms with Crippen molar-refractivity contribution in [1.29, 1.82) is 0 Å². The summed E-state index contributed by atoms with van der Waals surface area (Å²) in [6.07, 6.45) is 6.11. The zero-order chi connectivity index (χ0) is 12.4. The average molecular weight is 341 g/mol. The molecule has 3 nitrogen and oxygen atoms in total. The zero-order valence-corrected chi connectivity index (χ0v) is 15.0. The molecule has 18 heavy (non-hydrogen) atoms. The van der Waals surface area contributed by atoms with Crippen LogP contribution >= 0.6 is 0 Å². The SMILES string of the molecule is CCCCO.CCCCO.CCCCO.[Cl-].[Cl-].[Ti+2]. The van der Waals surface area contributed by atoms with Crippen molar-refractivity contribution >= 4 is 0 Å². The normalized spacial score (nSPS) is 7.00. The molecule has 0 radical (unpaired) electrons. The van der Waals surface area contributed by atoms with E-state index in [0.717, 1.165) is 38.5 Å². The number of hydrogen-bond acceptors (Lipinski definition) is 3. The molecule has 0 aliphatic rings. The third-order valence-corrected chi connectivity index (χ3v) is 1.54. The number of aliphatic hydroxyl groups excluding tert-OH is 3. The summed E-state index contributed by atoms with van der Waals surface area (Å²) in [5.41, 5.74) is 0. The minimum absolute atomic E-state index is 0. The van der Waals surface area contributed by atoms with Gasteiger partial charge in [0.05, 0.1) is 0 Å². The standard InChI is InChI=1S/3C4H10O.2ClH.Ti/c3*1-2-3-4-5;;;/h3*5H,2-4H2,1H3;2*1H;/q;;;;;+2/p-2. The number of unbranched alkanes of at least 4 members (excludes halogenated alkanes) is 3. The van der Waals surface area contributed by atoms with Crippen LogP contribution in [0.2, 0.25) is 0 Å². The van der Waals surface area contributed by atoms with Crippen molar-refractivity contribution in [3.8, 4) is 0 Å². The fourth-order valence-electron chi connectivity index (χ4n) is 0.474. The second-order valence-corrected chi connectivity index (χ2v) is 3.23. The van der Waals surface area contributed by atoms with Crippen LogP contribution < -0.4 is 24.8 Å². The van der Waals surface area contributed by atoms with Crippen molar-refractivity contribution in [2.24, 2.45) is 0 Å². The van der Waals surface area contributed by atoms with Gasteiger partial charge in [-0.05, 0) is 19.3 Å². The first-order valence-corrected chi connectivity index (χ1v) is 6.07. The van der Waals surface area contributed by atoms with Gasteiger partial charge in [-0.1, -0.05) is 40.0 Å². The van der Waals surface area contributed by atoms with E-state index in [-0.39, 0.29) is 46.5 Å². The number of rotatable bonds is 6. The number of hydrogen-bond donors (Lipinski definition) is 3. The van der Waals surface area contributed by atoms with E-state index in [9.17, 15) is 0 Å². The van der Waals surface area contributed by atoms with E-state index in [4.69, 9.17) is 15.3 Å². The summed E-state index contributed by atoms with van der Waals surface area (Å²) < 4.78 is 0. The minimum atomic E-state index is 0. The van der Waals surface area contributed by atoms with Crippen LogP contribution in [0.5, 0.6) is 0 Å². The van der Waals surface area contributed by atoms with Crippen molar-refractivity contribution in [3.05, 3.63) is 0 Å². The third-order valence-electron chi connectivity index (χ3n) is 1.54. The topological polar surface area (TPSA) is 60.7 Å². The summed E-state index contributed by atoms with van der Waals surface area (Å²) >= 11 is 0. The van der Waals surface area contributed by atoms with Crippen LogP contribution in [0.1, 0.15) is 59.3 Å². The second-order valence-electron chi connectivity index (χ2n) is 3.23. The maximum absolute atomic E-state index is 8.07. The van der Waals surface area contributed by atoms with E-state index in [1.54, 1.807) is 0 Å². The van der Waals surface area contributed by atoms with Crippen molar-refractivity contribution in [1.82, 2.24) is 0 Å². The predicted molar refractivity (Wildman–Crippen MR) is 66.0 cm³/mol. The van der Waals surface area contributed by atoms with E-state index in [2.05, 4.69) is 20.8 Å². The molecule has 6 heteroatoms. The van der Waals surface area contributed by atoms with Crippen LogP contribution in [0, 0.1) is 0 Å². The van der Waals surface area contributed by atoms with Gasteiger partial charge in [-0.25, -0.2) is 0 Å². The maximum atomic E-state index is 8.07. The summed E-state index contributed by atoms with van der Waals surface area (Å²) in [4.78, 5) is 0. The molecule has 0 heterocycles. The molecule has 0 bridgehead atoms. The molecule has 0 aliphatic carbocycles. The Labute approximate surface area is 140 Å². The van der Waals surface area contributed by atoms with Gasteiger partial charge in [0.25, 0.3) is 0 Å². The van der Waals surface area contributed by atoms with Gasteiger partial charge in [0.1, 0.15) is 0 Å². The Morgan fingerprint density at radius 1 is 0.556 bits per heavy atom. The molecule has 0 rings (SSSR count). The molecule has 0 fully saturated rings. The van der Waals surface area contributed by atoms with Gasteiger partial charge in [-0.2, -0.15) is 0 Å². The largest absolute Gasteiger partial charge is 2.00 e. The monoisotopic (exact) mass is 340 g/mol. The molecule has 114 valence electrons. The molecule has 0 saturated carbocycles. The average Bonchev–Trinajstić information content (AvgIpc) is 2.23. The van der Waals surface area contributed by atoms with Crippen LogP contribution in [-0.2, 0) is 21.7 Å². The van der Waals surface area contributed by atoms with E-state index in [0.29, 0.717) is 19.8 Å². The Morgan fingerprint density at radius 3 is 0.722 bits per heavy atom. The van der Waals surface area contributed by atoms with Crippen LogP contribution in [0.4, 0.5) is 0 Å². The van der Waals surface area contributed by atoms with E-state index in [1.807, 2.05) is 0 Å². The van der Waals surface area contributed by atoms with Crippen molar-refractivity contribution in [2.75, 3.05) is 19.8 Å². The number of aliphatic hydroxyl groups is 3. The summed E-state index contributed by atoms with van der Waals surface area (Å²) in [5.74, 6) is 0. The first-order valence-electron chi connectivity index (χ1n) is 6.07. The van der Waals surface area contributed by atoms with Gasteiger partial charge in [0.2, 0.25) is 0 Å². The molecule has 0 aromatic carbocycles. The van der Waals surface area contributed by atoms with Gasteiger partial charge >= 0.3 is 21.7 Å². The summed E-state index contributed by atoms with van der Waals surface area (Å²) in [5, 5.41) is 24.2. The van der Waals surface area contributed by atoms with Crippen LogP contribution in [-0.4, -0.2) is 35.1 Å². The predicted octanol–water partition coefficient (Wildman–Crippen LogP) is -3.66. The molecule has 0 amide bonds. The van der Waals surface area contributed by atoms with Gasteiger partial charge in [-0.3, -0.25) is 0 Å². The smallest absolute Gasteiger partial charge is 1.00 e.